The van der Waals surface area contributed by atoms with Gasteiger partial charge in [0.05, 0.1) is 6.61 Å². The molecule has 1 saturated carbocycles. The number of amides is 3. The Bertz CT molecular complexity index is 392. The molecular formula is C15H27N3O4. The van der Waals surface area contributed by atoms with Crippen LogP contribution in [0, 0.1) is 11.8 Å². The van der Waals surface area contributed by atoms with Crippen molar-refractivity contribution in [3.8, 4) is 0 Å². The van der Waals surface area contributed by atoms with Gasteiger partial charge in [-0.1, -0.05) is 33.1 Å². The lowest BCUT2D eigenvalue weighted by Gasteiger charge is -2.26. The molecule has 0 aromatic rings. The summed E-state index contributed by atoms with van der Waals surface area (Å²) in [4.78, 5) is 35.5. The minimum atomic E-state index is -0.725. The van der Waals surface area contributed by atoms with Gasteiger partial charge in [0, 0.05) is 5.92 Å². The minimum absolute atomic E-state index is 0.0131. The van der Waals surface area contributed by atoms with Gasteiger partial charge in [-0.2, -0.15) is 0 Å². The highest BCUT2D eigenvalue weighted by molar-refractivity contribution is 5.89. The predicted molar refractivity (Wildman–Crippen MR) is 81.6 cm³/mol. The summed E-state index contributed by atoms with van der Waals surface area (Å²) in [5.41, 5.74) is 4.44. The van der Waals surface area contributed by atoms with E-state index in [1.807, 2.05) is 13.8 Å². The van der Waals surface area contributed by atoms with Crippen LogP contribution in [0.15, 0.2) is 0 Å². The second-order valence-corrected chi connectivity index (χ2v) is 5.90. The maximum absolute atomic E-state index is 12.3. The van der Waals surface area contributed by atoms with Gasteiger partial charge in [-0.15, -0.1) is 0 Å². The first-order valence-corrected chi connectivity index (χ1v) is 7.98. The van der Waals surface area contributed by atoms with Gasteiger partial charge < -0.3 is 10.1 Å². The number of carbonyl (C=O) groups is 3. The Morgan fingerprint density at radius 1 is 1.09 bits per heavy atom. The molecule has 3 N–H and O–H groups in total. The molecule has 126 valence electrons. The first-order valence-electron chi connectivity index (χ1n) is 7.98. The fourth-order valence-corrected chi connectivity index (χ4v) is 2.53. The fraction of sp³-hybridized carbons (Fsp3) is 0.800. The van der Waals surface area contributed by atoms with Crippen molar-refractivity contribution >= 4 is 17.9 Å². The van der Waals surface area contributed by atoms with Crippen LogP contribution in [0.1, 0.15) is 52.9 Å². The van der Waals surface area contributed by atoms with Crippen molar-refractivity contribution in [2.24, 2.45) is 11.8 Å². The SMILES string of the molecule is CCOC(=O)NNC(=O)[C@@H](NC(=O)C1CCCCC1)C(C)C. The Morgan fingerprint density at radius 3 is 2.27 bits per heavy atom. The van der Waals surface area contributed by atoms with Crippen molar-refractivity contribution in [3.63, 3.8) is 0 Å². The van der Waals surface area contributed by atoms with Crippen molar-refractivity contribution in [2.45, 2.75) is 58.9 Å². The van der Waals surface area contributed by atoms with Gasteiger partial charge in [0.25, 0.3) is 5.91 Å². The molecule has 0 aromatic heterocycles. The maximum atomic E-state index is 12.3. The van der Waals surface area contributed by atoms with E-state index in [2.05, 4.69) is 20.9 Å². The molecule has 0 aromatic carbocycles. The number of nitrogens with one attached hydrogen (secondary N) is 3. The predicted octanol–water partition coefficient (Wildman–Crippen LogP) is 1.48. The van der Waals surface area contributed by atoms with Gasteiger partial charge in [0.1, 0.15) is 6.04 Å². The summed E-state index contributed by atoms with van der Waals surface area (Å²) in [6.45, 7) is 5.57. The second kappa shape index (κ2) is 9.27. The number of ether oxygens (including phenoxy) is 1. The molecule has 1 aliphatic carbocycles. The van der Waals surface area contributed by atoms with E-state index in [9.17, 15) is 14.4 Å². The van der Waals surface area contributed by atoms with E-state index in [1.165, 1.54) is 6.42 Å². The van der Waals surface area contributed by atoms with Crippen molar-refractivity contribution in [3.05, 3.63) is 0 Å². The Hall–Kier alpha value is -1.79. The summed E-state index contributed by atoms with van der Waals surface area (Å²) in [5, 5.41) is 2.80. The van der Waals surface area contributed by atoms with E-state index in [0.29, 0.717) is 0 Å². The van der Waals surface area contributed by atoms with E-state index < -0.39 is 18.0 Å². The van der Waals surface area contributed by atoms with E-state index in [1.54, 1.807) is 6.92 Å². The normalized spacial score (nSPS) is 16.7. The number of rotatable bonds is 5. The van der Waals surface area contributed by atoms with Crippen LogP contribution in [0.4, 0.5) is 4.79 Å². The third-order valence-electron chi connectivity index (χ3n) is 3.79. The summed E-state index contributed by atoms with van der Waals surface area (Å²) in [7, 11) is 0. The molecule has 1 fully saturated rings. The molecule has 1 atom stereocenters. The molecule has 0 spiro atoms. The number of hydrogen-bond donors (Lipinski definition) is 3. The van der Waals surface area contributed by atoms with E-state index >= 15 is 0 Å². The average Bonchev–Trinajstić information content (AvgIpc) is 2.51. The standard InChI is InChI=1S/C15H27N3O4/c1-4-22-15(21)18-17-14(20)12(10(2)3)16-13(19)11-8-6-5-7-9-11/h10-12H,4-9H2,1-3H3,(H,16,19)(H,17,20)(H,18,21)/t12-/m0/s1. The van der Waals surface area contributed by atoms with Gasteiger partial charge in [-0.3, -0.25) is 15.0 Å². The lowest BCUT2D eigenvalue weighted by Crippen LogP contribution is -2.55. The van der Waals surface area contributed by atoms with Gasteiger partial charge in [-0.25, -0.2) is 10.2 Å². The molecule has 0 heterocycles. The average molecular weight is 313 g/mol. The molecule has 7 nitrogen and oxygen atoms in total. The molecule has 0 bridgehead atoms. The number of hydrogen-bond acceptors (Lipinski definition) is 4. The summed E-state index contributed by atoms with van der Waals surface area (Å²) in [6, 6.07) is -0.684. The van der Waals surface area contributed by atoms with Crippen LogP contribution in [0.2, 0.25) is 0 Å². The van der Waals surface area contributed by atoms with Crippen LogP contribution >= 0.6 is 0 Å². The number of carbonyl (C=O) groups excluding carboxylic acids is 3. The quantitative estimate of drug-likeness (QED) is 0.670. The highest BCUT2D eigenvalue weighted by Crippen LogP contribution is 2.24. The van der Waals surface area contributed by atoms with Crippen LogP contribution in [0.3, 0.4) is 0 Å². The zero-order chi connectivity index (χ0) is 16.5. The molecule has 22 heavy (non-hydrogen) atoms. The first-order chi connectivity index (χ1) is 10.5. The minimum Gasteiger partial charge on any atom is -0.449 e. The van der Waals surface area contributed by atoms with Gasteiger partial charge in [-0.05, 0) is 25.7 Å². The van der Waals surface area contributed by atoms with Crippen molar-refractivity contribution < 1.29 is 19.1 Å². The molecule has 3 amide bonds. The Morgan fingerprint density at radius 2 is 1.73 bits per heavy atom. The first kappa shape index (κ1) is 18.3. The van der Waals surface area contributed by atoms with Gasteiger partial charge in [0.15, 0.2) is 0 Å². The Kier molecular flexibility index (Phi) is 7.70. The largest absolute Gasteiger partial charge is 0.449 e. The smallest absolute Gasteiger partial charge is 0.426 e. The third-order valence-corrected chi connectivity index (χ3v) is 3.79. The molecule has 7 heteroatoms. The molecule has 0 radical (unpaired) electrons. The second-order valence-electron chi connectivity index (χ2n) is 5.90. The summed E-state index contributed by atoms with van der Waals surface area (Å²) < 4.78 is 4.66. The van der Waals surface area contributed by atoms with Gasteiger partial charge >= 0.3 is 6.09 Å². The molecule has 1 rings (SSSR count). The molecule has 0 saturated heterocycles. The zero-order valence-electron chi connectivity index (χ0n) is 13.6. The van der Waals surface area contributed by atoms with Crippen LogP contribution < -0.4 is 16.2 Å². The van der Waals surface area contributed by atoms with E-state index in [0.717, 1.165) is 25.7 Å². The monoisotopic (exact) mass is 313 g/mol. The number of hydrazine groups is 1. The van der Waals surface area contributed by atoms with Crippen molar-refractivity contribution in [1.82, 2.24) is 16.2 Å². The van der Waals surface area contributed by atoms with Crippen LogP contribution in [0.5, 0.6) is 0 Å². The summed E-state index contributed by atoms with van der Waals surface area (Å²) in [6.07, 6.45) is 4.30. The molecule has 0 unspecified atom stereocenters. The highest BCUT2D eigenvalue weighted by Gasteiger charge is 2.28. The Labute approximate surface area is 131 Å². The maximum Gasteiger partial charge on any atom is 0.426 e. The lowest BCUT2D eigenvalue weighted by molar-refractivity contribution is -0.133. The summed E-state index contributed by atoms with van der Waals surface area (Å²) >= 11 is 0. The van der Waals surface area contributed by atoms with Crippen LogP contribution in [-0.2, 0) is 14.3 Å². The zero-order valence-corrected chi connectivity index (χ0v) is 13.6. The molecule has 0 aliphatic heterocycles. The highest BCUT2D eigenvalue weighted by atomic mass is 16.5. The Balaban J connectivity index is 2.51. The van der Waals surface area contributed by atoms with Crippen molar-refractivity contribution in [1.29, 1.82) is 0 Å². The van der Waals surface area contributed by atoms with Crippen LogP contribution in [-0.4, -0.2) is 30.6 Å². The molecule has 1 aliphatic rings. The van der Waals surface area contributed by atoms with Crippen LogP contribution in [0.25, 0.3) is 0 Å². The van der Waals surface area contributed by atoms with E-state index in [4.69, 9.17) is 0 Å². The topological polar surface area (TPSA) is 96.5 Å². The molecular weight excluding hydrogens is 286 g/mol. The van der Waals surface area contributed by atoms with Gasteiger partial charge in [0.2, 0.25) is 5.91 Å². The van der Waals surface area contributed by atoms with Crippen molar-refractivity contribution in [2.75, 3.05) is 6.61 Å². The lowest BCUT2D eigenvalue weighted by atomic mass is 9.88. The summed E-state index contributed by atoms with van der Waals surface area (Å²) in [5.74, 6) is -0.630. The van der Waals surface area contributed by atoms with E-state index in [-0.39, 0.29) is 24.3 Å². The third kappa shape index (κ3) is 5.91. The fourth-order valence-electron chi connectivity index (χ4n) is 2.53.